The molecule has 6 heteroatoms. The Kier molecular flexibility index (Phi) is 4.46. The van der Waals surface area contributed by atoms with E-state index in [1.54, 1.807) is 13.1 Å². The lowest BCUT2D eigenvalue weighted by atomic mass is 10.1. The Morgan fingerprint density at radius 3 is 2.73 bits per heavy atom. The number of carboxylic acids is 1. The Labute approximate surface area is 163 Å². The molecule has 0 aliphatic heterocycles. The Morgan fingerprint density at radius 1 is 1.19 bits per heavy atom. The molecule has 1 unspecified atom stereocenters. The number of fused-ring (bicyclic) bond motifs is 2. The highest BCUT2D eigenvalue weighted by Gasteiger charge is 2.19. The van der Waals surface area contributed by atoms with Gasteiger partial charge >= 0.3 is 5.97 Å². The molecule has 0 amide bonds. The van der Waals surface area contributed by atoms with E-state index >= 15 is 0 Å². The topological polar surface area (TPSA) is 55.1 Å². The van der Waals surface area contributed by atoms with Crippen LogP contribution in [0.4, 0.5) is 0 Å². The Bertz CT molecular complexity index is 1140. The molecule has 0 fully saturated rings. The third-order valence-electron chi connectivity index (χ3n) is 4.31. The Balaban J connectivity index is 2.02. The zero-order valence-electron chi connectivity index (χ0n) is 13.9. The van der Waals surface area contributed by atoms with E-state index in [0.29, 0.717) is 0 Å². The van der Waals surface area contributed by atoms with Crippen LogP contribution in [0.3, 0.4) is 0 Å². The van der Waals surface area contributed by atoms with Crippen molar-refractivity contribution in [1.82, 2.24) is 9.55 Å². The number of benzene rings is 2. The average molecular weight is 427 g/mol. The minimum absolute atomic E-state index is 0.548. The molecule has 0 saturated carbocycles. The second-order valence-electron chi connectivity index (χ2n) is 5.96. The molecular formula is C20H15BrN2O2S. The lowest BCUT2D eigenvalue weighted by Gasteiger charge is -2.15. The first kappa shape index (κ1) is 17.1. The van der Waals surface area contributed by atoms with Crippen molar-refractivity contribution in [2.24, 2.45) is 0 Å². The van der Waals surface area contributed by atoms with Crippen LogP contribution in [0.25, 0.3) is 27.4 Å². The summed E-state index contributed by atoms with van der Waals surface area (Å²) >= 11 is 4.95. The summed E-state index contributed by atoms with van der Waals surface area (Å²) in [5, 5.41) is 12.9. The maximum Gasteiger partial charge on any atom is 0.316 e. The van der Waals surface area contributed by atoms with E-state index in [1.165, 1.54) is 11.8 Å². The molecular weight excluding hydrogens is 412 g/mol. The third kappa shape index (κ3) is 2.89. The highest BCUT2D eigenvalue weighted by molar-refractivity contribution is 9.10. The van der Waals surface area contributed by atoms with Crippen molar-refractivity contribution in [1.29, 1.82) is 0 Å². The van der Waals surface area contributed by atoms with Crippen LogP contribution < -0.4 is 0 Å². The molecule has 2 heterocycles. The fourth-order valence-electron chi connectivity index (χ4n) is 3.03. The highest BCUT2D eigenvalue weighted by Crippen LogP contribution is 2.37. The fourth-order valence-corrected chi connectivity index (χ4v) is 4.47. The van der Waals surface area contributed by atoms with Crippen molar-refractivity contribution < 1.29 is 9.90 Å². The second kappa shape index (κ2) is 6.78. The molecule has 2 aromatic heterocycles. The first-order valence-electron chi connectivity index (χ1n) is 8.09. The SMILES string of the molecule is CC(Sc1cc2ccncc2n1-c1ccc(Br)c2ccccc12)C(=O)O. The third-order valence-corrected chi connectivity index (χ3v) is 6.10. The number of hydrogen-bond acceptors (Lipinski definition) is 3. The van der Waals surface area contributed by atoms with Gasteiger partial charge in [-0.1, -0.05) is 52.0 Å². The molecule has 0 aliphatic carbocycles. The normalized spacial score (nSPS) is 12.5. The van der Waals surface area contributed by atoms with Crippen LogP contribution in [-0.2, 0) is 4.79 Å². The number of halogens is 1. The summed E-state index contributed by atoms with van der Waals surface area (Å²) in [5.41, 5.74) is 1.96. The molecule has 0 aliphatic rings. The van der Waals surface area contributed by atoms with Crippen molar-refractivity contribution in [2.75, 3.05) is 0 Å². The molecule has 1 atom stereocenters. The maximum atomic E-state index is 11.4. The van der Waals surface area contributed by atoms with Crippen molar-refractivity contribution >= 4 is 55.3 Å². The van der Waals surface area contributed by atoms with Gasteiger partial charge in [-0.25, -0.2) is 0 Å². The van der Waals surface area contributed by atoms with E-state index < -0.39 is 11.2 Å². The van der Waals surface area contributed by atoms with Gasteiger partial charge in [0.25, 0.3) is 0 Å². The number of aliphatic carboxylic acids is 1. The number of rotatable bonds is 4. The quantitative estimate of drug-likeness (QED) is 0.437. The minimum Gasteiger partial charge on any atom is -0.480 e. The molecule has 1 N–H and O–H groups in total. The van der Waals surface area contributed by atoms with Crippen LogP contribution in [-0.4, -0.2) is 25.9 Å². The first-order valence-corrected chi connectivity index (χ1v) is 9.76. The van der Waals surface area contributed by atoms with Crippen molar-refractivity contribution in [2.45, 2.75) is 17.2 Å². The number of aromatic nitrogens is 2. The minimum atomic E-state index is -0.828. The summed E-state index contributed by atoms with van der Waals surface area (Å²) in [6.07, 6.45) is 3.57. The number of carbonyl (C=O) groups is 1. The van der Waals surface area contributed by atoms with Gasteiger partial charge in [-0.3, -0.25) is 9.78 Å². The largest absolute Gasteiger partial charge is 0.480 e. The summed E-state index contributed by atoms with van der Waals surface area (Å²) in [6.45, 7) is 1.70. The van der Waals surface area contributed by atoms with Gasteiger partial charge in [-0.05, 0) is 36.6 Å². The molecule has 0 bridgehead atoms. The summed E-state index contributed by atoms with van der Waals surface area (Å²) in [6, 6.07) is 16.2. The van der Waals surface area contributed by atoms with Crippen LogP contribution in [0.1, 0.15) is 6.92 Å². The zero-order chi connectivity index (χ0) is 18.3. The lowest BCUT2D eigenvalue weighted by Crippen LogP contribution is -2.12. The van der Waals surface area contributed by atoms with Gasteiger partial charge in [0.05, 0.1) is 22.4 Å². The molecule has 26 heavy (non-hydrogen) atoms. The number of hydrogen-bond donors (Lipinski definition) is 1. The van der Waals surface area contributed by atoms with Gasteiger partial charge in [0.2, 0.25) is 0 Å². The summed E-state index contributed by atoms with van der Waals surface area (Å²) in [5.74, 6) is -0.828. The van der Waals surface area contributed by atoms with Crippen LogP contribution >= 0.6 is 27.7 Å². The monoisotopic (exact) mass is 426 g/mol. The van der Waals surface area contributed by atoms with E-state index in [4.69, 9.17) is 0 Å². The van der Waals surface area contributed by atoms with Crippen molar-refractivity contribution in [3.05, 3.63) is 65.4 Å². The van der Waals surface area contributed by atoms with Gasteiger partial charge in [0.15, 0.2) is 0 Å². The number of nitrogens with zero attached hydrogens (tertiary/aromatic N) is 2. The molecule has 130 valence electrons. The van der Waals surface area contributed by atoms with Crippen LogP contribution in [0.2, 0.25) is 0 Å². The van der Waals surface area contributed by atoms with Gasteiger partial charge in [-0.2, -0.15) is 0 Å². The lowest BCUT2D eigenvalue weighted by molar-refractivity contribution is -0.136. The highest BCUT2D eigenvalue weighted by atomic mass is 79.9. The van der Waals surface area contributed by atoms with E-state index in [9.17, 15) is 9.90 Å². The predicted molar refractivity (Wildman–Crippen MR) is 109 cm³/mol. The van der Waals surface area contributed by atoms with E-state index in [1.807, 2.05) is 42.6 Å². The van der Waals surface area contributed by atoms with Crippen LogP contribution in [0, 0.1) is 0 Å². The molecule has 4 nitrogen and oxygen atoms in total. The van der Waals surface area contributed by atoms with Gasteiger partial charge in [-0.15, -0.1) is 0 Å². The molecule has 4 rings (SSSR count). The van der Waals surface area contributed by atoms with Crippen LogP contribution in [0.5, 0.6) is 0 Å². The zero-order valence-corrected chi connectivity index (χ0v) is 16.3. The molecule has 2 aromatic carbocycles. The molecule has 0 radical (unpaired) electrons. The van der Waals surface area contributed by atoms with Gasteiger partial charge in [0, 0.05) is 21.4 Å². The van der Waals surface area contributed by atoms with Crippen LogP contribution in [0.15, 0.2) is 70.4 Å². The summed E-state index contributed by atoms with van der Waals surface area (Å²) < 4.78 is 3.13. The molecule has 0 spiro atoms. The number of thioether (sulfide) groups is 1. The first-order chi connectivity index (χ1) is 12.6. The standard InChI is InChI=1S/C20H15BrN2O2S/c1-12(20(24)25)26-19-10-13-8-9-22-11-18(13)23(19)17-7-6-16(21)14-4-2-3-5-15(14)17/h2-12H,1H3,(H,24,25). The molecule has 4 aromatic rings. The van der Waals surface area contributed by atoms with Crippen molar-refractivity contribution in [3.8, 4) is 5.69 Å². The fraction of sp³-hybridized carbons (Fsp3) is 0.100. The molecule has 0 saturated heterocycles. The van der Waals surface area contributed by atoms with Crippen molar-refractivity contribution in [3.63, 3.8) is 0 Å². The van der Waals surface area contributed by atoms with Gasteiger partial charge < -0.3 is 9.67 Å². The predicted octanol–water partition coefficient (Wildman–Crippen LogP) is 5.51. The number of pyridine rings is 1. The summed E-state index contributed by atoms with van der Waals surface area (Å²) in [4.78, 5) is 15.6. The van der Waals surface area contributed by atoms with E-state index in [0.717, 1.165) is 36.9 Å². The van der Waals surface area contributed by atoms with E-state index in [2.05, 4.69) is 37.6 Å². The smallest absolute Gasteiger partial charge is 0.316 e. The number of carboxylic acid groups (broad SMARTS) is 1. The Morgan fingerprint density at radius 2 is 1.96 bits per heavy atom. The second-order valence-corrected chi connectivity index (χ2v) is 8.18. The average Bonchev–Trinajstić information content (AvgIpc) is 3.00. The Hall–Kier alpha value is -2.31. The van der Waals surface area contributed by atoms with Gasteiger partial charge in [0.1, 0.15) is 5.25 Å². The van der Waals surface area contributed by atoms with E-state index in [-0.39, 0.29) is 0 Å². The maximum absolute atomic E-state index is 11.4. The summed E-state index contributed by atoms with van der Waals surface area (Å²) in [7, 11) is 0.